The molecule has 0 fully saturated rings. The lowest BCUT2D eigenvalue weighted by Gasteiger charge is -2.32. The lowest BCUT2D eigenvalue weighted by atomic mass is 9.99. The maximum Gasteiger partial charge on any atom is 0.0560 e. The van der Waals surface area contributed by atoms with Gasteiger partial charge in [-0.15, -0.1) is 0 Å². The Balaban J connectivity index is 1.87. The molecule has 1 aromatic carbocycles. The number of hydrogen-bond donors (Lipinski definition) is 0. The summed E-state index contributed by atoms with van der Waals surface area (Å²) in [7, 11) is 2.16. The van der Waals surface area contributed by atoms with Gasteiger partial charge < -0.3 is 4.31 Å². The second-order valence-corrected chi connectivity index (χ2v) is 6.33. The Morgan fingerprint density at radius 3 is 2.95 bits per heavy atom. The zero-order valence-corrected chi connectivity index (χ0v) is 11.7. The van der Waals surface area contributed by atoms with Crippen molar-refractivity contribution >= 4 is 17.8 Å². The average molecular weight is 269 g/mol. The third-order valence-electron chi connectivity index (χ3n) is 3.73. The third-order valence-corrected chi connectivity index (χ3v) is 4.70. The van der Waals surface area contributed by atoms with Crippen LogP contribution in [0.4, 0.5) is 5.69 Å². The van der Waals surface area contributed by atoms with Crippen LogP contribution in [0.1, 0.15) is 11.1 Å². The number of rotatable bonds is 1. The Morgan fingerprint density at radius 2 is 2.11 bits per heavy atom. The lowest BCUT2D eigenvalue weighted by Crippen LogP contribution is -2.26. The summed E-state index contributed by atoms with van der Waals surface area (Å²) in [6.07, 6.45) is 4.92. The molecule has 0 bridgehead atoms. The van der Waals surface area contributed by atoms with Crippen LogP contribution in [-0.2, 0) is 13.0 Å². The van der Waals surface area contributed by atoms with Crippen molar-refractivity contribution in [2.75, 3.05) is 17.9 Å². The lowest BCUT2D eigenvalue weighted by molar-refractivity contribution is 0.556. The number of nitrogens with zero attached hydrogens (tertiary/aromatic N) is 3. The highest BCUT2D eigenvalue weighted by Gasteiger charge is 2.29. The van der Waals surface area contributed by atoms with Crippen LogP contribution in [0.5, 0.6) is 0 Å². The zero-order chi connectivity index (χ0) is 12.8. The zero-order valence-electron chi connectivity index (χ0n) is 10.8. The average Bonchev–Trinajstić information content (AvgIpc) is 2.83. The molecule has 0 aliphatic carbocycles. The summed E-state index contributed by atoms with van der Waals surface area (Å²) in [5.74, 6) is 0. The van der Waals surface area contributed by atoms with Crippen molar-refractivity contribution in [3.63, 3.8) is 0 Å². The van der Waals surface area contributed by atoms with Gasteiger partial charge >= 0.3 is 0 Å². The smallest absolute Gasteiger partial charge is 0.0560 e. The minimum absolute atomic E-state index is 1.01. The van der Waals surface area contributed by atoms with E-state index in [0.29, 0.717) is 0 Å². The van der Waals surface area contributed by atoms with E-state index >= 15 is 0 Å². The molecule has 0 spiro atoms. The first kappa shape index (κ1) is 11.3. The number of aromatic nitrogens is 1. The maximum absolute atomic E-state index is 4.23. The number of hydrogen-bond acceptors (Lipinski definition) is 4. The van der Waals surface area contributed by atoms with E-state index in [2.05, 4.69) is 38.8 Å². The first-order valence-electron chi connectivity index (χ1n) is 6.54. The highest BCUT2D eigenvalue weighted by atomic mass is 32.2. The molecular weight excluding hydrogens is 254 g/mol. The molecule has 2 aliphatic heterocycles. The summed E-state index contributed by atoms with van der Waals surface area (Å²) in [6, 6.07) is 8.80. The highest BCUT2D eigenvalue weighted by Crippen LogP contribution is 2.43. The molecule has 0 saturated heterocycles. The molecule has 4 rings (SSSR count). The molecule has 0 atom stereocenters. The fourth-order valence-electron chi connectivity index (χ4n) is 2.94. The number of anilines is 1. The minimum atomic E-state index is 1.01. The van der Waals surface area contributed by atoms with Gasteiger partial charge in [0.25, 0.3) is 0 Å². The predicted octanol–water partition coefficient (Wildman–Crippen LogP) is 3.12. The Kier molecular flexibility index (Phi) is 2.53. The van der Waals surface area contributed by atoms with E-state index in [1.54, 1.807) is 0 Å². The van der Waals surface area contributed by atoms with E-state index in [1.165, 1.54) is 27.9 Å². The van der Waals surface area contributed by atoms with Crippen molar-refractivity contribution in [2.24, 2.45) is 0 Å². The van der Waals surface area contributed by atoms with Gasteiger partial charge in [0.05, 0.1) is 5.69 Å². The van der Waals surface area contributed by atoms with Gasteiger partial charge in [-0.05, 0) is 48.4 Å². The first-order chi connectivity index (χ1) is 9.31. The van der Waals surface area contributed by atoms with Gasteiger partial charge in [0.15, 0.2) is 0 Å². The van der Waals surface area contributed by atoms with E-state index < -0.39 is 0 Å². The van der Waals surface area contributed by atoms with Crippen LogP contribution in [0.2, 0.25) is 0 Å². The van der Waals surface area contributed by atoms with Gasteiger partial charge in [-0.1, -0.05) is 6.07 Å². The molecule has 3 nitrogen and oxygen atoms in total. The topological polar surface area (TPSA) is 19.4 Å². The van der Waals surface area contributed by atoms with Crippen molar-refractivity contribution in [3.05, 3.63) is 47.8 Å². The number of pyridine rings is 1. The van der Waals surface area contributed by atoms with E-state index in [9.17, 15) is 0 Å². The van der Waals surface area contributed by atoms with Crippen LogP contribution in [0, 0.1) is 0 Å². The quantitative estimate of drug-likeness (QED) is 0.741. The summed E-state index contributed by atoms with van der Waals surface area (Å²) in [5.41, 5.74) is 6.88. The molecule has 96 valence electrons. The van der Waals surface area contributed by atoms with Crippen molar-refractivity contribution in [1.29, 1.82) is 0 Å². The second kappa shape index (κ2) is 4.25. The molecule has 2 aromatic rings. The molecule has 0 amide bonds. The Hall–Kier alpha value is -1.52. The fraction of sp³-hybridized carbons (Fsp3) is 0.267. The monoisotopic (exact) mass is 269 g/mol. The SMILES string of the molecule is CN1Cc2cc(-c3cccnc3)cc3c2N(CC3)S1. The summed E-state index contributed by atoms with van der Waals surface area (Å²) >= 11 is 1.84. The van der Waals surface area contributed by atoms with Crippen LogP contribution in [-0.4, -0.2) is 22.9 Å². The molecule has 0 unspecified atom stereocenters. The molecule has 2 aliphatic rings. The van der Waals surface area contributed by atoms with E-state index in [4.69, 9.17) is 0 Å². The molecule has 0 radical (unpaired) electrons. The third kappa shape index (κ3) is 1.83. The van der Waals surface area contributed by atoms with E-state index in [-0.39, 0.29) is 0 Å². The predicted molar refractivity (Wildman–Crippen MR) is 79.8 cm³/mol. The van der Waals surface area contributed by atoms with Crippen LogP contribution in [0.25, 0.3) is 11.1 Å². The van der Waals surface area contributed by atoms with Gasteiger partial charge in [-0.2, -0.15) is 0 Å². The first-order valence-corrected chi connectivity index (χ1v) is 7.27. The molecule has 4 heteroatoms. The Morgan fingerprint density at radius 1 is 1.21 bits per heavy atom. The van der Waals surface area contributed by atoms with Gasteiger partial charge in [-0.25, -0.2) is 4.31 Å². The normalized spacial score (nSPS) is 17.6. The summed E-state index contributed by atoms with van der Waals surface area (Å²) in [5, 5.41) is 0. The molecule has 1 aromatic heterocycles. The molecular formula is C15H15N3S. The molecule has 0 N–H and O–H groups in total. The van der Waals surface area contributed by atoms with Gasteiger partial charge in [0.2, 0.25) is 0 Å². The van der Waals surface area contributed by atoms with E-state index in [1.807, 2.05) is 30.6 Å². The number of benzene rings is 1. The van der Waals surface area contributed by atoms with E-state index in [0.717, 1.165) is 19.5 Å². The van der Waals surface area contributed by atoms with Crippen molar-refractivity contribution in [1.82, 2.24) is 9.29 Å². The molecule has 19 heavy (non-hydrogen) atoms. The highest BCUT2D eigenvalue weighted by molar-refractivity contribution is 7.98. The fourth-order valence-corrected chi connectivity index (χ4v) is 3.97. The van der Waals surface area contributed by atoms with Crippen molar-refractivity contribution in [3.8, 4) is 11.1 Å². The summed E-state index contributed by atoms with van der Waals surface area (Å²) in [6.45, 7) is 2.13. The summed E-state index contributed by atoms with van der Waals surface area (Å²) in [4.78, 5) is 4.23. The van der Waals surface area contributed by atoms with Crippen LogP contribution in [0.15, 0.2) is 36.7 Å². The van der Waals surface area contributed by atoms with Gasteiger partial charge in [-0.3, -0.25) is 4.98 Å². The van der Waals surface area contributed by atoms with Crippen molar-refractivity contribution < 1.29 is 0 Å². The van der Waals surface area contributed by atoms with Gasteiger partial charge in [0, 0.05) is 43.2 Å². The molecule has 3 heterocycles. The van der Waals surface area contributed by atoms with Crippen LogP contribution >= 0.6 is 12.1 Å². The maximum atomic E-state index is 4.23. The summed E-state index contributed by atoms with van der Waals surface area (Å²) < 4.78 is 4.71. The van der Waals surface area contributed by atoms with Crippen LogP contribution < -0.4 is 4.31 Å². The molecule has 0 saturated carbocycles. The minimum Gasteiger partial charge on any atom is -0.302 e. The van der Waals surface area contributed by atoms with Gasteiger partial charge in [0.1, 0.15) is 0 Å². The standard InChI is InChI=1S/C15H15N3S/c1-17-10-14-8-13(12-3-2-5-16-9-12)7-11-4-6-18(19-17)15(11)14/h2-3,5,7-9H,4,6,10H2,1H3. The Labute approximate surface area is 117 Å². The Bertz CT molecular complexity index is 627. The second-order valence-electron chi connectivity index (χ2n) is 5.10. The van der Waals surface area contributed by atoms with Crippen molar-refractivity contribution in [2.45, 2.75) is 13.0 Å². The van der Waals surface area contributed by atoms with Crippen LogP contribution in [0.3, 0.4) is 0 Å². The largest absolute Gasteiger partial charge is 0.302 e.